The van der Waals surface area contributed by atoms with Gasteiger partial charge in [0.05, 0.1) is 0 Å². The van der Waals surface area contributed by atoms with Crippen molar-refractivity contribution in [2.45, 2.75) is 24.8 Å². The lowest BCUT2D eigenvalue weighted by Gasteiger charge is -2.20. The van der Waals surface area contributed by atoms with E-state index in [1.165, 1.54) is 6.07 Å². The molecule has 1 fully saturated rings. The van der Waals surface area contributed by atoms with E-state index in [1.54, 1.807) is 6.07 Å². The van der Waals surface area contributed by atoms with Gasteiger partial charge in [-0.2, -0.15) is 0 Å². The Bertz CT molecular complexity index is 404. The zero-order valence-corrected chi connectivity index (χ0v) is 11.6. The second-order valence-corrected chi connectivity index (χ2v) is 6.00. The summed E-state index contributed by atoms with van der Waals surface area (Å²) >= 11 is 3.36. The van der Waals surface area contributed by atoms with Crippen LogP contribution in [0, 0.1) is 5.82 Å². The molecule has 0 amide bonds. The summed E-state index contributed by atoms with van der Waals surface area (Å²) in [6.07, 6.45) is 2.95. The highest BCUT2D eigenvalue weighted by molar-refractivity contribution is 9.10. The summed E-state index contributed by atoms with van der Waals surface area (Å²) in [5, 5.41) is 0. The molecule has 0 spiro atoms. The maximum absolute atomic E-state index is 13.5. The van der Waals surface area contributed by atoms with E-state index >= 15 is 0 Å². The van der Waals surface area contributed by atoms with Gasteiger partial charge in [-0.1, -0.05) is 15.9 Å². The molecule has 0 atom stereocenters. The minimum atomic E-state index is -0.129. The highest BCUT2D eigenvalue weighted by atomic mass is 79.9. The molecular formula is C13H18BrFN2. The standard InChI is InChI=1S/C13H18BrFN2/c1-17(9-13(16)5-6-13)7-4-10-8-11(14)2-3-12(10)15/h2-3,8H,4-7,9,16H2,1H3. The zero-order chi connectivity index (χ0) is 12.5. The molecule has 0 aromatic heterocycles. The maximum atomic E-state index is 13.5. The van der Waals surface area contributed by atoms with Crippen LogP contribution in [0.1, 0.15) is 18.4 Å². The quantitative estimate of drug-likeness (QED) is 0.905. The first-order valence-electron chi connectivity index (χ1n) is 5.90. The average Bonchev–Trinajstić information content (AvgIpc) is 2.97. The van der Waals surface area contributed by atoms with Crippen LogP contribution in [-0.4, -0.2) is 30.6 Å². The smallest absolute Gasteiger partial charge is 0.126 e. The van der Waals surface area contributed by atoms with Crippen molar-refractivity contribution in [1.29, 1.82) is 0 Å². The second-order valence-electron chi connectivity index (χ2n) is 5.09. The number of rotatable bonds is 5. The van der Waals surface area contributed by atoms with E-state index in [1.807, 2.05) is 13.1 Å². The third-order valence-electron chi connectivity index (χ3n) is 3.25. The van der Waals surface area contributed by atoms with E-state index in [0.29, 0.717) is 0 Å². The Balaban J connectivity index is 1.86. The lowest BCUT2D eigenvalue weighted by molar-refractivity contribution is 0.305. The fourth-order valence-corrected chi connectivity index (χ4v) is 2.39. The number of nitrogens with two attached hydrogens (primary N) is 1. The SMILES string of the molecule is CN(CCc1cc(Br)ccc1F)CC1(N)CC1. The minimum absolute atomic E-state index is 0.0323. The van der Waals surface area contributed by atoms with Crippen LogP contribution in [0.2, 0.25) is 0 Å². The summed E-state index contributed by atoms with van der Waals surface area (Å²) < 4.78 is 14.4. The van der Waals surface area contributed by atoms with Crippen molar-refractivity contribution in [3.05, 3.63) is 34.1 Å². The summed E-state index contributed by atoms with van der Waals surface area (Å²) in [5.41, 5.74) is 6.84. The highest BCUT2D eigenvalue weighted by Crippen LogP contribution is 2.32. The Labute approximate surface area is 110 Å². The van der Waals surface area contributed by atoms with Gasteiger partial charge < -0.3 is 10.6 Å². The van der Waals surface area contributed by atoms with Gasteiger partial charge in [0.15, 0.2) is 0 Å². The first kappa shape index (κ1) is 13.0. The van der Waals surface area contributed by atoms with Crippen LogP contribution in [0.5, 0.6) is 0 Å². The topological polar surface area (TPSA) is 29.3 Å². The fourth-order valence-electron chi connectivity index (χ4n) is 1.98. The number of likely N-dealkylation sites (N-methyl/N-ethyl adjacent to an activating group) is 1. The Hall–Kier alpha value is -0.450. The van der Waals surface area contributed by atoms with Crippen LogP contribution in [-0.2, 0) is 6.42 Å². The number of benzene rings is 1. The van der Waals surface area contributed by atoms with Crippen molar-refractivity contribution in [3.63, 3.8) is 0 Å². The van der Waals surface area contributed by atoms with Crippen LogP contribution in [0.3, 0.4) is 0 Å². The molecule has 94 valence electrons. The molecule has 2 N–H and O–H groups in total. The molecule has 0 radical (unpaired) electrons. The second kappa shape index (κ2) is 5.04. The fraction of sp³-hybridized carbons (Fsp3) is 0.538. The molecule has 0 saturated heterocycles. The summed E-state index contributed by atoms with van der Waals surface area (Å²) in [6.45, 7) is 1.74. The van der Waals surface area contributed by atoms with Crippen LogP contribution in [0.4, 0.5) is 4.39 Å². The molecule has 2 nitrogen and oxygen atoms in total. The van der Waals surface area contributed by atoms with Crippen LogP contribution < -0.4 is 5.73 Å². The average molecular weight is 301 g/mol. The Morgan fingerprint density at radius 3 is 2.82 bits per heavy atom. The molecule has 17 heavy (non-hydrogen) atoms. The van der Waals surface area contributed by atoms with E-state index in [-0.39, 0.29) is 11.4 Å². The maximum Gasteiger partial charge on any atom is 0.126 e. The minimum Gasteiger partial charge on any atom is -0.324 e. The lowest BCUT2D eigenvalue weighted by Crippen LogP contribution is -2.38. The molecule has 1 aliphatic rings. The normalized spacial score (nSPS) is 17.5. The van der Waals surface area contributed by atoms with Crippen molar-refractivity contribution in [3.8, 4) is 0 Å². The van der Waals surface area contributed by atoms with Crippen molar-refractivity contribution in [2.75, 3.05) is 20.1 Å². The number of hydrogen-bond acceptors (Lipinski definition) is 2. The van der Waals surface area contributed by atoms with Gasteiger partial charge in [0.1, 0.15) is 5.82 Å². The van der Waals surface area contributed by atoms with Gasteiger partial charge in [0, 0.05) is 23.1 Å². The summed E-state index contributed by atoms with van der Waals surface area (Å²) in [5.74, 6) is -0.129. The largest absolute Gasteiger partial charge is 0.324 e. The molecule has 0 aliphatic heterocycles. The van der Waals surface area contributed by atoms with Crippen molar-refractivity contribution < 1.29 is 4.39 Å². The highest BCUT2D eigenvalue weighted by Gasteiger charge is 2.38. The molecule has 1 aliphatic carbocycles. The molecule has 1 saturated carbocycles. The molecule has 0 heterocycles. The van der Waals surface area contributed by atoms with Gasteiger partial charge >= 0.3 is 0 Å². The molecule has 2 rings (SSSR count). The predicted molar refractivity (Wildman–Crippen MR) is 71.5 cm³/mol. The van der Waals surface area contributed by atoms with Gasteiger partial charge in [-0.15, -0.1) is 0 Å². The molecule has 0 unspecified atom stereocenters. The first-order chi connectivity index (χ1) is 7.98. The zero-order valence-electron chi connectivity index (χ0n) is 10.0. The van der Waals surface area contributed by atoms with Gasteiger partial charge in [-0.3, -0.25) is 0 Å². The number of hydrogen-bond donors (Lipinski definition) is 1. The van der Waals surface area contributed by atoms with Gasteiger partial charge in [0.2, 0.25) is 0 Å². The van der Waals surface area contributed by atoms with Crippen molar-refractivity contribution in [2.24, 2.45) is 5.73 Å². The molecule has 4 heteroatoms. The van der Waals surface area contributed by atoms with Crippen molar-refractivity contribution >= 4 is 15.9 Å². The van der Waals surface area contributed by atoms with Crippen LogP contribution in [0.25, 0.3) is 0 Å². The Morgan fingerprint density at radius 2 is 2.18 bits per heavy atom. The molecule has 1 aromatic rings. The summed E-state index contributed by atoms with van der Waals surface area (Å²) in [6, 6.07) is 5.07. The molecule has 1 aromatic carbocycles. The molecular weight excluding hydrogens is 283 g/mol. The lowest BCUT2D eigenvalue weighted by atomic mass is 10.1. The Morgan fingerprint density at radius 1 is 1.47 bits per heavy atom. The number of halogens is 2. The summed E-state index contributed by atoms with van der Waals surface area (Å²) in [4.78, 5) is 2.19. The predicted octanol–water partition coefficient (Wildman–Crippen LogP) is 2.55. The Kier molecular flexibility index (Phi) is 3.85. The van der Waals surface area contributed by atoms with E-state index in [9.17, 15) is 4.39 Å². The third-order valence-corrected chi connectivity index (χ3v) is 3.74. The van der Waals surface area contributed by atoms with Crippen molar-refractivity contribution in [1.82, 2.24) is 4.90 Å². The van der Waals surface area contributed by atoms with E-state index in [0.717, 1.165) is 42.4 Å². The van der Waals surface area contributed by atoms with Gasteiger partial charge in [0.25, 0.3) is 0 Å². The van der Waals surface area contributed by atoms with E-state index in [4.69, 9.17) is 5.73 Å². The van der Waals surface area contributed by atoms with E-state index in [2.05, 4.69) is 20.8 Å². The monoisotopic (exact) mass is 300 g/mol. The van der Waals surface area contributed by atoms with Gasteiger partial charge in [-0.25, -0.2) is 4.39 Å². The summed E-state index contributed by atoms with van der Waals surface area (Å²) in [7, 11) is 2.04. The number of nitrogens with zero attached hydrogens (tertiary/aromatic N) is 1. The van der Waals surface area contributed by atoms with E-state index < -0.39 is 0 Å². The molecule has 0 bridgehead atoms. The third kappa shape index (κ3) is 3.76. The van der Waals surface area contributed by atoms with Crippen LogP contribution >= 0.6 is 15.9 Å². The first-order valence-corrected chi connectivity index (χ1v) is 6.69. The van der Waals surface area contributed by atoms with Crippen LogP contribution in [0.15, 0.2) is 22.7 Å². The van der Waals surface area contributed by atoms with Gasteiger partial charge in [-0.05, 0) is 50.1 Å².